The number of nitrogens with one attached hydrogen (secondary N) is 2. The number of anilines is 1. The van der Waals surface area contributed by atoms with E-state index in [-0.39, 0.29) is 23.6 Å². The van der Waals surface area contributed by atoms with Gasteiger partial charge < -0.3 is 20.5 Å². The van der Waals surface area contributed by atoms with Crippen molar-refractivity contribution < 1.29 is 19.4 Å². The number of aryl methyl sites for hydroxylation is 1. The average molecular weight is 539 g/mol. The molecule has 1 amide bonds. The third-order valence-electron chi connectivity index (χ3n) is 5.24. The van der Waals surface area contributed by atoms with Gasteiger partial charge in [0.25, 0.3) is 5.91 Å². The number of carbonyl (C=O) groups is 2. The number of ether oxygens (including phenoxy) is 1. The van der Waals surface area contributed by atoms with Crippen molar-refractivity contribution in [3.05, 3.63) is 98.4 Å². The van der Waals surface area contributed by atoms with Crippen LogP contribution in [0.2, 0.25) is 0 Å². The molecule has 3 aromatic rings. The minimum absolute atomic E-state index is 0.150. The van der Waals surface area contributed by atoms with Gasteiger partial charge in [-0.3, -0.25) is 4.79 Å². The van der Waals surface area contributed by atoms with Crippen LogP contribution < -0.4 is 15.4 Å². The molecule has 8 heteroatoms. The van der Waals surface area contributed by atoms with Gasteiger partial charge in [-0.25, -0.2) is 4.79 Å². The summed E-state index contributed by atoms with van der Waals surface area (Å²) in [6.45, 7) is 2.39. The van der Waals surface area contributed by atoms with Crippen molar-refractivity contribution >= 4 is 51.3 Å². The maximum atomic E-state index is 12.6. The molecule has 0 bridgehead atoms. The summed E-state index contributed by atoms with van der Waals surface area (Å²) in [5, 5.41) is 15.3. The molecule has 0 saturated carbocycles. The monoisotopic (exact) mass is 538 g/mol. The van der Waals surface area contributed by atoms with E-state index in [1.807, 2.05) is 36.4 Å². The first-order chi connectivity index (χ1) is 16.4. The molecule has 174 valence electrons. The molecule has 1 aliphatic heterocycles. The molecule has 1 heterocycles. The third kappa shape index (κ3) is 6.01. The number of benzene rings is 3. The Morgan fingerprint density at radius 3 is 2.50 bits per heavy atom. The van der Waals surface area contributed by atoms with E-state index in [9.17, 15) is 9.59 Å². The Labute approximate surface area is 210 Å². The van der Waals surface area contributed by atoms with Crippen LogP contribution in [-0.4, -0.2) is 22.5 Å². The number of halogens is 1. The second-order valence-electron chi connectivity index (χ2n) is 7.65. The van der Waals surface area contributed by atoms with Crippen LogP contribution in [0.25, 0.3) is 6.08 Å². The highest BCUT2D eigenvalue weighted by Gasteiger charge is 2.27. The molecule has 3 aromatic carbocycles. The Balaban J connectivity index is 1.46. The molecule has 1 aliphatic rings. The van der Waals surface area contributed by atoms with Crippen LogP contribution in [0.5, 0.6) is 5.75 Å². The van der Waals surface area contributed by atoms with Crippen molar-refractivity contribution in [2.75, 3.05) is 5.32 Å². The number of carboxylic acids is 1. The summed E-state index contributed by atoms with van der Waals surface area (Å²) < 4.78 is 6.87. The number of amides is 1. The smallest absolute Gasteiger partial charge is 0.335 e. The van der Waals surface area contributed by atoms with Crippen LogP contribution in [0.4, 0.5) is 5.69 Å². The lowest BCUT2D eigenvalue weighted by Gasteiger charge is -2.13. The molecular weight excluding hydrogens is 516 g/mol. The van der Waals surface area contributed by atoms with Crippen LogP contribution in [0.3, 0.4) is 0 Å². The van der Waals surface area contributed by atoms with Gasteiger partial charge in [-0.05, 0) is 66.1 Å². The fourth-order valence-electron chi connectivity index (χ4n) is 3.36. The summed E-state index contributed by atoms with van der Waals surface area (Å²) in [6.07, 6.45) is 2.79. The SMILES string of the molecule is CCc1ccc(N[C@@H]2NC(=O)/C(=C/c3cc(Br)ccc3OCc3ccc(C(=O)O)cc3)S2)cc1. The highest BCUT2D eigenvalue weighted by atomic mass is 79.9. The molecule has 1 fully saturated rings. The highest BCUT2D eigenvalue weighted by molar-refractivity contribution is 9.10. The first kappa shape index (κ1) is 23.9. The first-order valence-electron chi connectivity index (χ1n) is 10.7. The lowest BCUT2D eigenvalue weighted by Crippen LogP contribution is -2.30. The summed E-state index contributed by atoms with van der Waals surface area (Å²) in [5.41, 5.74) is 3.77. The first-order valence-corrected chi connectivity index (χ1v) is 12.4. The molecule has 1 saturated heterocycles. The molecule has 0 spiro atoms. The zero-order valence-electron chi connectivity index (χ0n) is 18.4. The van der Waals surface area contributed by atoms with E-state index in [0.717, 1.165) is 27.7 Å². The lowest BCUT2D eigenvalue weighted by atomic mass is 10.1. The van der Waals surface area contributed by atoms with E-state index >= 15 is 0 Å². The van der Waals surface area contributed by atoms with Gasteiger partial charge >= 0.3 is 5.97 Å². The largest absolute Gasteiger partial charge is 0.488 e. The lowest BCUT2D eigenvalue weighted by molar-refractivity contribution is -0.116. The Morgan fingerprint density at radius 1 is 1.12 bits per heavy atom. The van der Waals surface area contributed by atoms with Crippen LogP contribution in [0, 0.1) is 0 Å². The number of carboxylic acid groups (broad SMARTS) is 1. The second-order valence-corrected chi connectivity index (χ2v) is 9.71. The van der Waals surface area contributed by atoms with E-state index in [0.29, 0.717) is 10.7 Å². The molecular formula is C26H23BrN2O4S. The maximum absolute atomic E-state index is 12.6. The van der Waals surface area contributed by atoms with E-state index in [4.69, 9.17) is 9.84 Å². The normalized spacial score (nSPS) is 16.4. The van der Waals surface area contributed by atoms with Gasteiger partial charge in [0.2, 0.25) is 0 Å². The number of rotatable bonds is 8. The molecule has 1 atom stereocenters. The van der Waals surface area contributed by atoms with E-state index < -0.39 is 5.97 Å². The van der Waals surface area contributed by atoms with E-state index in [1.54, 1.807) is 24.3 Å². The summed E-state index contributed by atoms with van der Waals surface area (Å²) in [4.78, 5) is 24.2. The standard InChI is InChI=1S/C26H23BrN2O4S/c1-2-16-5-10-21(11-6-16)28-26-29-24(30)23(34-26)14-19-13-20(27)9-12-22(19)33-15-17-3-7-18(8-4-17)25(31)32/h3-14,26,28H,2,15H2,1H3,(H,29,30)(H,31,32)/b23-14-/t26-/m1/s1. The Kier molecular flexibility index (Phi) is 7.59. The molecule has 0 radical (unpaired) electrons. The summed E-state index contributed by atoms with van der Waals surface area (Å²) in [7, 11) is 0. The van der Waals surface area contributed by atoms with Crippen LogP contribution in [0.15, 0.2) is 76.1 Å². The van der Waals surface area contributed by atoms with Gasteiger partial charge in [-0.15, -0.1) is 0 Å². The van der Waals surface area contributed by atoms with Crippen LogP contribution in [0.1, 0.15) is 34.0 Å². The predicted molar refractivity (Wildman–Crippen MR) is 139 cm³/mol. The molecule has 6 nitrogen and oxygen atoms in total. The van der Waals surface area contributed by atoms with Crippen molar-refractivity contribution in [3.63, 3.8) is 0 Å². The van der Waals surface area contributed by atoms with Crippen molar-refractivity contribution in [2.24, 2.45) is 0 Å². The number of thioether (sulfide) groups is 1. The van der Waals surface area contributed by atoms with Crippen molar-refractivity contribution in [2.45, 2.75) is 25.4 Å². The Morgan fingerprint density at radius 2 is 1.82 bits per heavy atom. The third-order valence-corrected chi connectivity index (χ3v) is 6.77. The molecule has 4 rings (SSSR count). The van der Waals surface area contributed by atoms with Crippen molar-refractivity contribution in [1.82, 2.24) is 5.32 Å². The maximum Gasteiger partial charge on any atom is 0.335 e. The minimum Gasteiger partial charge on any atom is -0.488 e. The summed E-state index contributed by atoms with van der Waals surface area (Å²) >= 11 is 4.90. The zero-order valence-corrected chi connectivity index (χ0v) is 20.8. The van der Waals surface area contributed by atoms with Gasteiger partial charge in [0, 0.05) is 15.7 Å². The molecule has 0 unspecified atom stereocenters. The van der Waals surface area contributed by atoms with Crippen molar-refractivity contribution in [1.29, 1.82) is 0 Å². The predicted octanol–water partition coefficient (Wildman–Crippen LogP) is 5.89. The van der Waals surface area contributed by atoms with Gasteiger partial charge in [-0.2, -0.15) is 0 Å². The Bertz CT molecular complexity index is 1230. The molecule has 3 N–H and O–H groups in total. The van der Waals surface area contributed by atoms with Crippen LogP contribution >= 0.6 is 27.7 Å². The molecule has 0 aromatic heterocycles. The van der Waals surface area contributed by atoms with Gasteiger partial charge in [0.05, 0.1) is 10.5 Å². The van der Waals surface area contributed by atoms with Crippen molar-refractivity contribution in [3.8, 4) is 5.75 Å². The van der Waals surface area contributed by atoms with E-state index in [2.05, 4.69) is 45.6 Å². The summed E-state index contributed by atoms with van der Waals surface area (Å²) in [6, 6.07) is 20.3. The van der Waals surface area contributed by atoms with Gasteiger partial charge in [0.15, 0.2) is 5.50 Å². The molecule has 0 aliphatic carbocycles. The molecule has 34 heavy (non-hydrogen) atoms. The Hall–Kier alpha value is -3.23. The van der Waals surface area contributed by atoms with Gasteiger partial charge in [-0.1, -0.05) is 58.9 Å². The topological polar surface area (TPSA) is 87.7 Å². The zero-order chi connectivity index (χ0) is 24.1. The number of aromatic carboxylic acids is 1. The number of hydrogen-bond donors (Lipinski definition) is 3. The summed E-state index contributed by atoms with van der Waals surface area (Å²) in [5.74, 6) is -0.492. The van der Waals surface area contributed by atoms with Crippen LogP contribution in [-0.2, 0) is 17.8 Å². The number of hydrogen-bond acceptors (Lipinski definition) is 5. The number of carbonyl (C=O) groups excluding carboxylic acids is 1. The van der Waals surface area contributed by atoms with E-state index in [1.165, 1.54) is 17.3 Å². The minimum atomic E-state index is -0.965. The fourth-order valence-corrected chi connectivity index (χ4v) is 4.72. The van der Waals surface area contributed by atoms with Gasteiger partial charge in [0.1, 0.15) is 12.4 Å². The highest BCUT2D eigenvalue weighted by Crippen LogP contribution is 2.33. The second kappa shape index (κ2) is 10.8. The average Bonchev–Trinajstić information content (AvgIpc) is 3.17. The quantitative estimate of drug-likeness (QED) is 0.310. The fraction of sp³-hybridized carbons (Fsp3) is 0.154.